The summed E-state index contributed by atoms with van der Waals surface area (Å²) in [5, 5.41) is 8.95. The van der Waals surface area contributed by atoms with E-state index in [0.29, 0.717) is 0 Å². The number of para-hydroxylation sites is 1. The summed E-state index contributed by atoms with van der Waals surface area (Å²) in [5.41, 5.74) is -0.286. The Morgan fingerprint density at radius 3 is 2.56 bits per heavy atom. The highest BCUT2D eigenvalue weighted by atomic mass is 32.2. The van der Waals surface area contributed by atoms with Crippen LogP contribution in [0.2, 0.25) is 0 Å². The summed E-state index contributed by atoms with van der Waals surface area (Å²) >= 11 is 0.244. The van der Waals surface area contributed by atoms with E-state index in [1.54, 1.807) is 0 Å². The number of thiocyanates is 1. The summed E-state index contributed by atoms with van der Waals surface area (Å²) in [4.78, 5) is 11.2. The zero-order valence-electron chi connectivity index (χ0n) is 7.62. The molecule has 16 heavy (non-hydrogen) atoms. The van der Waals surface area contributed by atoms with Crippen molar-refractivity contribution in [1.29, 1.82) is 5.26 Å². The van der Waals surface area contributed by atoms with Crippen LogP contribution in [-0.2, 0) is 0 Å². The van der Waals surface area contributed by atoms with Crippen LogP contribution in [0.15, 0.2) is 24.3 Å². The van der Waals surface area contributed by atoms with Gasteiger partial charge < -0.3 is 4.74 Å². The van der Waals surface area contributed by atoms with Crippen molar-refractivity contribution in [2.24, 2.45) is 0 Å². The van der Waals surface area contributed by atoms with Gasteiger partial charge in [-0.2, -0.15) is 5.26 Å². The van der Waals surface area contributed by atoms with Crippen LogP contribution >= 0.6 is 11.8 Å². The summed E-state index contributed by atoms with van der Waals surface area (Å²) in [6.07, 6.45) is -4.87. The number of ether oxygens (including phenoxy) is 1. The highest BCUT2D eigenvalue weighted by Gasteiger charge is 2.32. The second-order valence-corrected chi connectivity index (χ2v) is 3.28. The van der Waals surface area contributed by atoms with E-state index < -0.39 is 17.2 Å². The second-order valence-electron chi connectivity index (χ2n) is 2.52. The number of carbonyl (C=O) groups is 1. The average Bonchev–Trinajstić information content (AvgIpc) is 2.16. The van der Waals surface area contributed by atoms with Gasteiger partial charge in [-0.25, -0.2) is 0 Å². The second kappa shape index (κ2) is 4.90. The van der Waals surface area contributed by atoms with E-state index in [1.165, 1.54) is 17.5 Å². The molecule has 7 heteroatoms. The molecule has 1 aromatic carbocycles. The lowest BCUT2D eigenvalue weighted by Crippen LogP contribution is -2.18. The third-order valence-corrected chi connectivity index (χ3v) is 1.97. The summed E-state index contributed by atoms with van der Waals surface area (Å²) in [7, 11) is 0. The number of nitrogens with zero attached hydrogens (tertiary/aromatic N) is 1. The Hall–Kier alpha value is -1.68. The highest BCUT2D eigenvalue weighted by molar-refractivity contribution is 8.18. The molecular formula is C9H4F3NO2S. The Balaban J connectivity index is 3.02. The molecule has 0 aliphatic rings. The molecule has 0 fully saturated rings. The lowest BCUT2D eigenvalue weighted by molar-refractivity contribution is -0.274. The minimum absolute atomic E-state index is 0.244. The number of alkyl halides is 3. The molecule has 0 spiro atoms. The zero-order chi connectivity index (χ0) is 12.2. The van der Waals surface area contributed by atoms with E-state index >= 15 is 0 Å². The number of nitriles is 1. The van der Waals surface area contributed by atoms with Crippen molar-refractivity contribution in [2.75, 3.05) is 0 Å². The van der Waals surface area contributed by atoms with E-state index in [1.807, 2.05) is 0 Å². The molecule has 0 bridgehead atoms. The van der Waals surface area contributed by atoms with Gasteiger partial charge in [0.15, 0.2) is 0 Å². The average molecular weight is 247 g/mol. The predicted octanol–water partition coefficient (Wildman–Crippen LogP) is 2.94. The van der Waals surface area contributed by atoms with Crippen molar-refractivity contribution < 1.29 is 22.7 Å². The van der Waals surface area contributed by atoms with Gasteiger partial charge >= 0.3 is 6.36 Å². The van der Waals surface area contributed by atoms with Crippen molar-refractivity contribution >= 4 is 16.9 Å². The Morgan fingerprint density at radius 1 is 1.38 bits per heavy atom. The summed E-state index contributed by atoms with van der Waals surface area (Å²) in [6, 6.07) is 4.86. The van der Waals surface area contributed by atoms with Crippen LogP contribution in [0.5, 0.6) is 5.75 Å². The van der Waals surface area contributed by atoms with Crippen LogP contribution in [0.25, 0.3) is 0 Å². The topological polar surface area (TPSA) is 50.1 Å². The highest BCUT2D eigenvalue weighted by Crippen LogP contribution is 2.28. The largest absolute Gasteiger partial charge is 0.573 e. The first kappa shape index (κ1) is 12.4. The number of hydrogen-bond acceptors (Lipinski definition) is 4. The normalized spacial score (nSPS) is 10.6. The maximum atomic E-state index is 12.0. The molecule has 0 saturated carbocycles. The molecule has 0 aliphatic heterocycles. The Kier molecular flexibility index (Phi) is 3.79. The van der Waals surface area contributed by atoms with Gasteiger partial charge in [0.25, 0.3) is 0 Å². The first-order valence-corrected chi connectivity index (χ1v) is 4.71. The quantitative estimate of drug-likeness (QED) is 0.754. The SMILES string of the molecule is N#CSC(=O)c1ccccc1OC(F)(F)F. The summed E-state index contributed by atoms with van der Waals surface area (Å²) in [6.45, 7) is 0. The maximum Gasteiger partial charge on any atom is 0.573 e. The van der Waals surface area contributed by atoms with Crippen LogP contribution in [-0.4, -0.2) is 11.5 Å². The smallest absolute Gasteiger partial charge is 0.405 e. The molecular weight excluding hydrogens is 243 g/mol. The van der Waals surface area contributed by atoms with E-state index in [-0.39, 0.29) is 17.3 Å². The van der Waals surface area contributed by atoms with Crippen LogP contribution in [0, 0.1) is 10.7 Å². The number of carbonyl (C=O) groups excluding carboxylic acids is 1. The summed E-state index contributed by atoms with van der Waals surface area (Å²) < 4.78 is 39.6. The molecule has 0 N–H and O–H groups in total. The number of rotatable bonds is 2. The molecule has 0 aromatic heterocycles. The van der Waals surface area contributed by atoms with Gasteiger partial charge in [-0.05, 0) is 12.1 Å². The standard InChI is InChI=1S/C9H4F3NO2S/c10-9(11,12)15-7-4-2-1-3-6(7)8(14)16-5-13/h1-4H. The van der Waals surface area contributed by atoms with E-state index in [2.05, 4.69) is 4.74 Å². The molecule has 1 rings (SSSR count). The van der Waals surface area contributed by atoms with Gasteiger partial charge in [-0.1, -0.05) is 12.1 Å². The fraction of sp³-hybridized carbons (Fsp3) is 0.111. The molecule has 0 heterocycles. The zero-order valence-corrected chi connectivity index (χ0v) is 8.43. The predicted molar refractivity (Wildman–Crippen MR) is 50.7 cm³/mol. The van der Waals surface area contributed by atoms with Gasteiger partial charge in [0.05, 0.1) is 5.56 Å². The van der Waals surface area contributed by atoms with Gasteiger partial charge in [0.1, 0.15) is 11.2 Å². The van der Waals surface area contributed by atoms with Gasteiger partial charge in [-0.3, -0.25) is 4.79 Å². The molecule has 0 atom stereocenters. The van der Waals surface area contributed by atoms with Crippen molar-refractivity contribution in [3.63, 3.8) is 0 Å². The van der Waals surface area contributed by atoms with Crippen LogP contribution in [0.1, 0.15) is 10.4 Å². The lowest BCUT2D eigenvalue weighted by atomic mass is 10.2. The summed E-state index contributed by atoms with van der Waals surface area (Å²) in [5.74, 6) is -0.609. The van der Waals surface area contributed by atoms with E-state index in [4.69, 9.17) is 5.26 Å². The van der Waals surface area contributed by atoms with Gasteiger partial charge in [0.2, 0.25) is 5.12 Å². The van der Waals surface area contributed by atoms with Crippen molar-refractivity contribution in [2.45, 2.75) is 6.36 Å². The Morgan fingerprint density at radius 2 is 2.00 bits per heavy atom. The fourth-order valence-electron chi connectivity index (χ4n) is 0.945. The van der Waals surface area contributed by atoms with Gasteiger partial charge in [-0.15, -0.1) is 13.2 Å². The minimum Gasteiger partial charge on any atom is -0.405 e. The first-order valence-electron chi connectivity index (χ1n) is 3.89. The number of halogens is 3. The van der Waals surface area contributed by atoms with Crippen LogP contribution < -0.4 is 4.74 Å². The van der Waals surface area contributed by atoms with Crippen molar-refractivity contribution in [3.05, 3.63) is 29.8 Å². The monoisotopic (exact) mass is 247 g/mol. The molecule has 0 saturated heterocycles. The van der Waals surface area contributed by atoms with E-state index in [9.17, 15) is 18.0 Å². The molecule has 3 nitrogen and oxygen atoms in total. The molecule has 84 valence electrons. The number of thioether (sulfide) groups is 1. The third-order valence-electron chi connectivity index (χ3n) is 1.47. The Bertz CT molecular complexity index is 439. The Labute approximate surface area is 92.8 Å². The van der Waals surface area contributed by atoms with Crippen LogP contribution in [0.4, 0.5) is 13.2 Å². The van der Waals surface area contributed by atoms with E-state index in [0.717, 1.165) is 12.1 Å². The van der Waals surface area contributed by atoms with Crippen molar-refractivity contribution in [3.8, 4) is 11.2 Å². The molecule has 0 radical (unpaired) electrons. The van der Waals surface area contributed by atoms with Crippen LogP contribution in [0.3, 0.4) is 0 Å². The molecule has 1 aromatic rings. The van der Waals surface area contributed by atoms with Gasteiger partial charge in [0, 0.05) is 11.8 Å². The number of hydrogen-bond donors (Lipinski definition) is 0. The number of benzene rings is 1. The molecule has 0 amide bonds. The first-order chi connectivity index (χ1) is 7.44. The molecule has 0 unspecified atom stereocenters. The molecule has 0 aliphatic carbocycles. The lowest BCUT2D eigenvalue weighted by Gasteiger charge is -2.11. The van der Waals surface area contributed by atoms with Crippen molar-refractivity contribution in [1.82, 2.24) is 0 Å². The third kappa shape index (κ3) is 3.47. The fourth-order valence-corrected chi connectivity index (χ4v) is 1.31. The maximum absolute atomic E-state index is 12.0. The minimum atomic E-state index is -4.87.